The summed E-state index contributed by atoms with van der Waals surface area (Å²) in [5, 5.41) is 0. The van der Waals surface area contributed by atoms with E-state index in [1.54, 1.807) is 6.92 Å². The van der Waals surface area contributed by atoms with Crippen molar-refractivity contribution in [1.29, 1.82) is 0 Å². The van der Waals surface area contributed by atoms with Crippen LogP contribution in [0.25, 0.3) is 0 Å². The number of nitrogens with one attached hydrogen (secondary N) is 1. The van der Waals surface area contributed by atoms with E-state index in [9.17, 15) is 21.6 Å². The molecule has 1 aromatic heterocycles. The first-order valence-electron chi connectivity index (χ1n) is 5.55. The second kappa shape index (κ2) is 4.69. The summed E-state index contributed by atoms with van der Waals surface area (Å²) >= 11 is 0.627. The molecule has 19 heavy (non-hydrogen) atoms. The number of aromatic amines is 1. The molecule has 0 bridgehead atoms. The van der Waals surface area contributed by atoms with E-state index in [2.05, 4.69) is 4.98 Å². The summed E-state index contributed by atoms with van der Waals surface area (Å²) < 4.78 is 48.9. The van der Waals surface area contributed by atoms with Crippen LogP contribution in [0.2, 0.25) is 0 Å². The highest BCUT2D eigenvalue weighted by atomic mass is 32.2. The molecular formula is C9H14N2O5S3. The zero-order valence-corrected chi connectivity index (χ0v) is 12.9. The lowest BCUT2D eigenvalue weighted by molar-refractivity contribution is 0.357. The predicted molar refractivity (Wildman–Crippen MR) is 71.7 cm³/mol. The Kier molecular flexibility index (Phi) is 3.62. The maximum atomic E-state index is 12.4. The van der Waals surface area contributed by atoms with Gasteiger partial charge in [0.2, 0.25) is 0 Å². The Labute approximate surface area is 115 Å². The SMILES string of the molecule is Cc1[nH]c(=O)sc1S(=O)(=O)N1CCS(=O)(=O)CC1C. The molecule has 2 rings (SSSR count). The normalized spacial score (nSPS) is 24.4. The predicted octanol–water partition coefficient (Wildman–Crippen LogP) is -0.448. The van der Waals surface area contributed by atoms with Gasteiger partial charge in [-0.25, -0.2) is 16.8 Å². The quantitative estimate of drug-likeness (QED) is 0.793. The minimum atomic E-state index is -3.82. The molecule has 10 heteroatoms. The summed E-state index contributed by atoms with van der Waals surface area (Å²) in [5.41, 5.74) is 0.288. The number of hydrogen-bond donors (Lipinski definition) is 1. The molecule has 1 aromatic rings. The molecule has 1 aliphatic heterocycles. The first-order valence-corrected chi connectivity index (χ1v) is 9.63. The molecule has 1 saturated heterocycles. The molecule has 0 spiro atoms. The number of hydrogen-bond acceptors (Lipinski definition) is 6. The molecule has 108 valence electrons. The van der Waals surface area contributed by atoms with E-state index in [0.29, 0.717) is 11.3 Å². The zero-order chi connectivity index (χ0) is 14.4. The second-order valence-corrected chi connectivity index (χ2v) is 9.80. The third-order valence-electron chi connectivity index (χ3n) is 2.93. The Morgan fingerprint density at radius 2 is 2.05 bits per heavy atom. The summed E-state index contributed by atoms with van der Waals surface area (Å²) in [4.78, 5) is 13.2. The highest BCUT2D eigenvalue weighted by molar-refractivity contribution is 7.92. The van der Waals surface area contributed by atoms with Crippen LogP contribution in [0.4, 0.5) is 0 Å². The number of aromatic nitrogens is 1. The van der Waals surface area contributed by atoms with Crippen molar-refractivity contribution in [3.8, 4) is 0 Å². The molecule has 1 atom stereocenters. The number of nitrogens with zero attached hydrogens (tertiary/aromatic N) is 1. The lowest BCUT2D eigenvalue weighted by Crippen LogP contribution is -2.49. The topological polar surface area (TPSA) is 104 Å². The highest BCUT2D eigenvalue weighted by Gasteiger charge is 2.38. The molecule has 1 unspecified atom stereocenters. The van der Waals surface area contributed by atoms with Crippen LogP contribution in [0, 0.1) is 6.92 Å². The van der Waals surface area contributed by atoms with Gasteiger partial charge in [-0.15, -0.1) is 0 Å². The van der Waals surface area contributed by atoms with Gasteiger partial charge in [-0.05, 0) is 13.8 Å². The van der Waals surface area contributed by atoms with E-state index in [4.69, 9.17) is 0 Å². The van der Waals surface area contributed by atoms with Crippen molar-refractivity contribution in [2.75, 3.05) is 18.1 Å². The van der Waals surface area contributed by atoms with Crippen LogP contribution in [0.3, 0.4) is 0 Å². The van der Waals surface area contributed by atoms with Crippen molar-refractivity contribution >= 4 is 31.2 Å². The van der Waals surface area contributed by atoms with Gasteiger partial charge in [0.15, 0.2) is 14.0 Å². The number of H-pyrrole nitrogens is 1. The van der Waals surface area contributed by atoms with E-state index in [-0.39, 0.29) is 28.0 Å². The van der Waals surface area contributed by atoms with Crippen molar-refractivity contribution in [1.82, 2.24) is 9.29 Å². The van der Waals surface area contributed by atoms with Gasteiger partial charge in [0.25, 0.3) is 10.0 Å². The number of sulfone groups is 1. The fourth-order valence-electron chi connectivity index (χ4n) is 2.08. The maximum absolute atomic E-state index is 12.4. The average Bonchev–Trinajstić information content (AvgIpc) is 2.56. The Morgan fingerprint density at radius 3 is 2.53 bits per heavy atom. The highest BCUT2D eigenvalue weighted by Crippen LogP contribution is 2.25. The van der Waals surface area contributed by atoms with Crippen molar-refractivity contribution in [2.24, 2.45) is 0 Å². The van der Waals surface area contributed by atoms with Crippen molar-refractivity contribution in [3.63, 3.8) is 0 Å². The number of thiazole rings is 1. The van der Waals surface area contributed by atoms with Crippen molar-refractivity contribution < 1.29 is 16.8 Å². The molecule has 0 saturated carbocycles. The van der Waals surface area contributed by atoms with Gasteiger partial charge in [-0.3, -0.25) is 4.79 Å². The van der Waals surface area contributed by atoms with Crippen molar-refractivity contribution in [2.45, 2.75) is 24.1 Å². The maximum Gasteiger partial charge on any atom is 0.305 e. The number of sulfonamides is 1. The summed E-state index contributed by atoms with van der Waals surface area (Å²) in [7, 11) is -7.00. The molecule has 1 aliphatic rings. The molecule has 0 amide bonds. The minimum Gasteiger partial charge on any atom is -0.315 e. The summed E-state index contributed by atoms with van der Waals surface area (Å²) in [6.45, 7) is 2.99. The van der Waals surface area contributed by atoms with Crippen molar-refractivity contribution in [3.05, 3.63) is 15.4 Å². The third-order valence-corrected chi connectivity index (χ3v) is 8.32. The Balaban J connectivity index is 2.41. The minimum absolute atomic E-state index is 0.0383. The van der Waals surface area contributed by atoms with Crippen LogP contribution in [0.5, 0.6) is 0 Å². The number of aryl methyl sites for hydroxylation is 1. The van der Waals surface area contributed by atoms with Crippen LogP contribution in [-0.4, -0.2) is 50.2 Å². The summed E-state index contributed by atoms with van der Waals surface area (Å²) in [6, 6.07) is -0.625. The standard InChI is InChI=1S/C9H14N2O5S3/c1-6-5-18(13,14)4-3-11(6)19(15,16)8-7(2)10-9(12)17-8/h6H,3-5H2,1-2H3,(H,10,12). The van der Waals surface area contributed by atoms with E-state index in [0.717, 1.165) is 4.31 Å². The molecule has 0 aromatic carbocycles. The number of rotatable bonds is 2. The Hall–Kier alpha value is -0.710. The fourth-order valence-corrected chi connectivity index (χ4v) is 6.89. The van der Waals surface area contributed by atoms with Gasteiger partial charge in [0, 0.05) is 18.3 Å². The van der Waals surface area contributed by atoms with E-state index < -0.39 is 30.8 Å². The van der Waals surface area contributed by atoms with Gasteiger partial charge in [0.1, 0.15) is 0 Å². The average molecular weight is 326 g/mol. The van der Waals surface area contributed by atoms with Gasteiger partial charge < -0.3 is 4.98 Å². The fraction of sp³-hybridized carbons (Fsp3) is 0.667. The molecule has 0 radical (unpaired) electrons. The first-order chi connectivity index (χ1) is 8.63. The first kappa shape index (κ1) is 14.7. The van der Waals surface area contributed by atoms with E-state index in [1.807, 2.05) is 0 Å². The van der Waals surface area contributed by atoms with Crippen LogP contribution >= 0.6 is 11.3 Å². The summed E-state index contributed by atoms with van der Waals surface area (Å²) in [5.74, 6) is -0.375. The molecular weight excluding hydrogens is 312 g/mol. The van der Waals surface area contributed by atoms with Gasteiger partial charge in [-0.2, -0.15) is 4.31 Å². The molecule has 1 fully saturated rings. The van der Waals surface area contributed by atoms with E-state index in [1.165, 1.54) is 6.92 Å². The largest absolute Gasteiger partial charge is 0.315 e. The zero-order valence-electron chi connectivity index (χ0n) is 10.4. The smallest absolute Gasteiger partial charge is 0.305 e. The van der Waals surface area contributed by atoms with Gasteiger partial charge >= 0.3 is 4.87 Å². The third kappa shape index (κ3) is 2.76. The lowest BCUT2D eigenvalue weighted by atomic mass is 10.4. The molecule has 7 nitrogen and oxygen atoms in total. The van der Waals surface area contributed by atoms with Gasteiger partial charge in [-0.1, -0.05) is 11.3 Å². The van der Waals surface area contributed by atoms with Crippen LogP contribution in [0.15, 0.2) is 9.00 Å². The van der Waals surface area contributed by atoms with Gasteiger partial charge in [0.05, 0.1) is 11.5 Å². The molecule has 2 heterocycles. The second-order valence-electron chi connectivity index (χ2n) is 4.51. The Bertz CT molecular complexity index is 743. The Morgan fingerprint density at radius 1 is 1.42 bits per heavy atom. The van der Waals surface area contributed by atoms with Crippen LogP contribution < -0.4 is 4.87 Å². The van der Waals surface area contributed by atoms with Crippen LogP contribution in [0.1, 0.15) is 12.6 Å². The van der Waals surface area contributed by atoms with Crippen LogP contribution in [-0.2, 0) is 19.9 Å². The lowest BCUT2D eigenvalue weighted by Gasteiger charge is -2.31. The molecule has 1 N–H and O–H groups in total. The molecule has 0 aliphatic carbocycles. The monoisotopic (exact) mass is 326 g/mol. The van der Waals surface area contributed by atoms with E-state index >= 15 is 0 Å². The summed E-state index contributed by atoms with van der Waals surface area (Å²) in [6.07, 6.45) is 0.